The van der Waals surface area contributed by atoms with Gasteiger partial charge in [0, 0.05) is 12.1 Å². The Morgan fingerprint density at radius 1 is 1.38 bits per heavy atom. The summed E-state index contributed by atoms with van der Waals surface area (Å²) in [5.41, 5.74) is 9.71. The Balaban J connectivity index is 2.19. The van der Waals surface area contributed by atoms with Crippen LogP contribution in [0, 0.1) is 6.92 Å². The van der Waals surface area contributed by atoms with Crippen molar-refractivity contribution in [3.63, 3.8) is 0 Å². The van der Waals surface area contributed by atoms with Crippen molar-refractivity contribution in [2.45, 2.75) is 13.3 Å². The van der Waals surface area contributed by atoms with E-state index in [-0.39, 0.29) is 0 Å². The van der Waals surface area contributed by atoms with Gasteiger partial charge in [-0.05, 0) is 30.7 Å². The summed E-state index contributed by atoms with van der Waals surface area (Å²) in [6.45, 7) is 1.99. The molecule has 4 heteroatoms. The van der Waals surface area contributed by atoms with E-state index in [9.17, 15) is 0 Å². The van der Waals surface area contributed by atoms with Crippen molar-refractivity contribution >= 4 is 5.69 Å². The molecule has 0 saturated heterocycles. The molecule has 0 radical (unpaired) electrons. The van der Waals surface area contributed by atoms with Crippen LogP contribution in [0.25, 0.3) is 0 Å². The minimum Gasteiger partial charge on any atom is -0.495 e. The highest BCUT2D eigenvalue weighted by Crippen LogP contribution is 2.23. The number of hydrogen-bond acceptors (Lipinski definition) is 3. The SMILES string of the molecule is COc1ccc(Cc2cc(C)[nH]n2)cc1N. The number of hydrogen-bond donors (Lipinski definition) is 2. The fraction of sp³-hybridized carbons (Fsp3) is 0.250. The van der Waals surface area contributed by atoms with Gasteiger partial charge in [0.2, 0.25) is 0 Å². The maximum atomic E-state index is 5.84. The number of nitrogens with two attached hydrogens (primary N) is 1. The first-order valence-corrected chi connectivity index (χ1v) is 5.12. The van der Waals surface area contributed by atoms with Gasteiger partial charge in [-0.3, -0.25) is 5.10 Å². The number of methoxy groups -OCH3 is 1. The molecule has 1 heterocycles. The lowest BCUT2D eigenvalue weighted by atomic mass is 10.1. The molecular formula is C12H15N3O. The average molecular weight is 217 g/mol. The molecule has 1 aromatic carbocycles. The minimum atomic E-state index is 0.659. The van der Waals surface area contributed by atoms with Gasteiger partial charge in [-0.25, -0.2) is 0 Å². The number of nitrogens with zero attached hydrogens (tertiary/aromatic N) is 1. The van der Waals surface area contributed by atoms with Crippen LogP contribution in [-0.2, 0) is 6.42 Å². The first-order chi connectivity index (χ1) is 7.69. The minimum absolute atomic E-state index is 0.659. The largest absolute Gasteiger partial charge is 0.495 e. The molecule has 0 spiro atoms. The van der Waals surface area contributed by atoms with Crippen molar-refractivity contribution in [2.24, 2.45) is 0 Å². The number of benzene rings is 1. The lowest BCUT2D eigenvalue weighted by Crippen LogP contribution is -1.95. The number of aromatic amines is 1. The number of nitrogens with one attached hydrogen (secondary N) is 1. The number of aryl methyl sites for hydroxylation is 1. The van der Waals surface area contributed by atoms with Crippen LogP contribution in [0.5, 0.6) is 5.75 Å². The van der Waals surface area contributed by atoms with Gasteiger partial charge in [-0.15, -0.1) is 0 Å². The van der Waals surface area contributed by atoms with Crippen LogP contribution in [-0.4, -0.2) is 17.3 Å². The summed E-state index contributed by atoms with van der Waals surface area (Å²) in [6.07, 6.45) is 0.776. The van der Waals surface area contributed by atoms with E-state index in [1.807, 2.05) is 31.2 Å². The van der Waals surface area contributed by atoms with Crippen LogP contribution in [0.2, 0.25) is 0 Å². The van der Waals surface area contributed by atoms with E-state index in [0.29, 0.717) is 11.4 Å². The summed E-state index contributed by atoms with van der Waals surface area (Å²) in [5.74, 6) is 0.710. The van der Waals surface area contributed by atoms with Crippen molar-refractivity contribution in [3.8, 4) is 5.75 Å². The summed E-state index contributed by atoms with van der Waals surface area (Å²) in [6, 6.07) is 7.83. The van der Waals surface area contributed by atoms with Crippen LogP contribution in [0.4, 0.5) is 5.69 Å². The predicted molar refractivity (Wildman–Crippen MR) is 63.5 cm³/mol. The van der Waals surface area contributed by atoms with Crippen LogP contribution >= 0.6 is 0 Å². The zero-order valence-electron chi connectivity index (χ0n) is 9.45. The first kappa shape index (κ1) is 10.5. The Morgan fingerprint density at radius 2 is 2.19 bits per heavy atom. The quantitative estimate of drug-likeness (QED) is 0.772. The van der Waals surface area contributed by atoms with E-state index in [1.54, 1.807) is 7.11 Å². The molecule has 0 amide bonds. The molecule has 0 fully saturated rings. The molecule has 0 bridgehead atoms. The van der Waals surface area contributed by atoms with Gasteiger partial charge in [-0.2, -0.15) is 5.10 Å². The first-order valence-electron chi connectivity index (χ1n) is 5.12. The third-order valence-electron chi connectivity index (χ3n) is 2.44. The van der Waals surface area contributed by atoms with Crippen molar-refractivity contribution in [3.05, 3.63) is 41.2 Å². The fourth-order valence-corrected chi connectivity index (χ4v) is 1.67. The lowest BCUT2D eigenvalue weighted by molar-refractivity contribution is 0.417. The number of rotatable bonds is 3. The zero-order valence-corrected chi connectivity index (χ0v) is 9.45. The third-order valence-corrected chi connectivity index (χ3v) is 2.44. The van der Waals surface area contributed by atoms with Gasteiger partial charge in [0.05, 0.1) is 18.5 Å². The second-order valence-electron chi connectivity index (χ2n) is 3.80. The molecule has 3 N–H and O–H groups in total. The highest BCUT2D eigenvalue weighted by molar-refractivity contribution is 5.54. The van der Waals surface area contributed by atoms with Gasteiger partial charge in [-0.1, -0.05) is 6.07 Å². The normalized spacial score (nSPS) is 10.4. The molecule has 0 aliphatic rings. The standard InChI is InChI=1S/C12H15N3O/c1-8-5-10(15-14-8)6-9-3-4-12(16-2)11(13)7-9/h3-5,7H,6,13H2,1-2H3,(H,14,15). The molecule has 2 aromatic rings. The Morgan fingerprint density at radius 3 is 2.75 bits per heavy atom. The molecule has 0 atom stereocenters. The van der Waals surface area contributed by atoms with E-state index in [2.05, 4.69) is 10.2 Å². The monoisotopic (exact) mass is 217 g/mol. The average Bonchev–Trinajstić information content (AvgIpc) is 2.64. The summed E-state index contributed by atoms with van der Waals surface area (Å²) in [7, 11) is 1.61. The van der Waals surface area contributed by atoms with Crippen LogP contribution in [0.1, 0.15) is 17.0 Å². The Bertz CT molecular complexity index is 491. The van der Waals surface area contributed by atoms with Crippen LogP contribution in [0.15, 0.2) is 24.3 Å². The van der Waals surface area contributed by atoms with E-state index < -0.39 is 0 Å². The van der Waals surface area contributed by atoms with Crippen LogP contribution in [0.3, 0.4) is 0 Å². The third kappa shape index (κ3) is 2.16. The molecule has 2 rings (SSSR count). The highest BCUT2D eigenvalue weighted by Gasteiger charge is 2.03. The number of ether oxygens (including phenoxy) is 1. The van der Waals surface area contributed by atoms with Gasteiger partial charge in [0.1, 0.15) is 5.75 Å². The topological polar surface area (TPSA) is 63.9 Å². The van der Waals surface area contributed by atoms with Crippen molar-refractivity contribution in [2.75, 3.05) is 12.8 Å². The van der Waals surface area contributed by atoms with Gasteiger partial charge in [0.15, 0.2) is 0 Å². The Kier molecular flexibility index (Phi) is 2.81. The summed E-state index contributed by atoms with van der Waals surface area (Å²) in [5, 5.41) is 7.11. The summed E-state index contributed by atoms with van der Waals surface area (Å²) in [4.78, 5) is 0. The van der Waals surface area contributed by atoms with E-state index >= 15 is 0 Å². The molecule has 0 saturated carbocycles. The fourth-order valence-electron chi connectivity index (χ4n) is 1.67. The predicted octanol–water partition coefficient (Wildman–Crippen LogP) is 1.90. The summed E-state index contributed by atoms with van der Waals surface area (Å²) < 4.78 is 5.11. The van der Waals surface area contributed by atoms with Crippen molar-refractivity contribution in [1.82, 2.24) is 10.2 Å². The molecule has 0 unspecified atom stereocenters. The second-order valence-corrected chi connectivity index (χ2v) is 3.80. The van der Waals surface area contributed by atoms with Crippen molar-refractivity contribution in [1.29, 1.82) is 0 Å². The second kappa shape index (κ2) is 4.26. The van der Waals surface area contributed by atoms with E-state index in [1.165, 1.54) is 0 Å². The van der Waals surface area contributed by atoms with Gasteiger partial charge < -0.3 is 10.5 Å². The smallest absolute Gasteiger partial charge is 0.141 e. The number of anilines is 1. The molecule has 0 aliphatic heterocycles. The van der Waals surface area contributed by atoms with E-state index in [4.69, 9.17) is 10.5 Å². The van der Waals surface area contributed by atoms with E-state index in [0.717, 1.165) is 23.4 Å². The number of nitrogen functional groups attached to an aromatic ring is 1. The maximum absolute atomic E-state index is 5.84. The zero-order chi connectivity index (χ0) is 11.5. The number of aromatic nitrogens is 2. The molecule has 4 nitrogen and oxygen atoms in total. The number of H-pyrrole nitrogens is 1. The van der Waals surface area contributed by atoms with Crippen molar-refractivity contribution < 1.29 is 4.74 Å². The highest BCUT2D eigenvalue weighted by atomic mass is 16.5. The molecule has 1 aromatic heterocycles. The van der Waals surface area contributed by atoms with Gasteiger partial charge in [0.25, 0.3) is 0 Å². The maximum Gasteiger partial charge on any atom is 0.141 e. The van der Waals surface area contributed by atoms with Crippen LogP contribution < -0.4 is 10.5 Å². The summed E-state index contributed by atoms with van der Waals surface area (Å²) >= 11 is 0. The van der Waals surface area contributed by atoms with Gasteiger partial charge >= 0.3 is 0 Å². The Labute approximate surface area is 94.4 Å². The lowest BCUT2D eigenvalue weighted by Gasteiger charge is -2.05. The molecule has 16 heavy (non-hydrogen) atoms. The molecule has 84 valence electrons. The Hall–Kier alpha value is -1.97. The molecular weight excluding hydrogens is 202 g/mol. The molecule has 0 aliphatic carbocycles.